The minimum atomic E-state index is -1.04. The van der Waals surface area contributed by atoms with Gasteiger partial charge in [0.2, 0.25) is 0 Å². The first-order valence-electron chi connectivity index (χ1n) is 5.96. The molecule has 0 aliphatic rings. The molecule has 0 amide bonds. The van der Waals surface area contributed by atoms with Gasteiger partial charge in [-0.1, -0.05) is 43.5 Å². The number of carboxylic acids is 1. The van der Waals surface area contributed by atoms with Crippen LogP contribution in [0.1, 0.15) is 25.8 Å². The van der Waals surface area contributed by atoms with Crippen molar-refractivity contribution >= 4 is 35.2 Å². The Balaban J connectivity index is 3.02. The number of benzene rings is 1. The maximum atomic E-state index is 10.6. The number of carboxylic acid groups (broad SMARTS) is 1. The topological polar surface area (TPSA) is 46.5 Å². The summed E-state index contributed by atoms with van der Waals surface area (Å²) in [6.07, 6.45) is 3.44. The lowest BCUT2D eigenvalue weighted by Gasteiger charge is -2.14. The van der Waals surface area contributed by atoms with E-state index in [9.17, 15) is 4.79 Å². The third-order valence-corrected chi connectivity index (χ3v) is 3.15. The molecular weight excluding hydrogens is 287 g/mol. The van der Waals surface area contributed by atoms with Gasteiger partial charge in [-0.15, -0.1) is 0 Å². The van der Waals surface area contributed by atoms with Crippen LogP contribution in [0.5, 0.6) is 5.75 Å². The minimum absolute atomic E-state index is 0.376. The summed E-state index contributed by atoms with van der Waals surface area (Å²) in [6.45, 7) is 4.66. The second-order valence-electron chi connectivity index (χ2n) is 4.30. The minimum Gasteiger partial charge on any atom is -0.491 e. The predicted molar refractivity (Wildman–Crippen MR) is 78.1 cm³/mol. The molecule has 3 nitrogen and oxygen atoms in total. The Kier molecular flexibility index (Phi) is 6.19. The van der Waals surface area contributed by atoms with Crippen LogP contribution in [0, 0.1) is 5.92 Å². The monoisotopic (exact) mass is 302 g/mol. The van der Waals surface area contributed by atoms with E-state index in [1.807, 2.05) is 0 Å². The second-order valence-corrected chi connectivity index (χ2v) is 5.15. The first-order valence-corrected chi connectivity index (χ1v) is 6.72. The summed E-state index contributed by atoms with van der Waals surface area (Å²) in [5.74, 6) is -0.184. The molecule has 0 fully saturated rings. The summed E-state index contributed by atoms with van der Waals surface area (Å²) in [7, 11) is 0. The highest BCUT2D eigenvalue weighted by molar-refractivity contribution is 6.35. The van der Waals surface area contributed by atoms with Crippen molar-refractivity contribution in [3.63, 3.8) is 0 Å². The molecule has 0 aromatic heterocycles. The van der Waals surface area contributed by atoms with E-state index >= 15 is 0 Å². The summed E-state index contributed by atoms with van der Waals surface area (Å²) in [5, 5.41) is 9.48. The van der Waals surface area contributed by atoms with Crippen LogP contribution in [0.25, 0.3) is 6.08 Å². The highest BCUT2D eigenvalue weighted by Crippen LogP contribution is 2.33. The molecule has 1 unspecified atom stereocenters. The fourth-order valence-corrected chi connectivity index (χ4v) is 1.92. The number of hydrogen-bond acceptors (Lipinski definition) is 2. The molecule has 0 saturated carbocycles. The summed E-state index contributed by atoms with van der Waals surface area (Å²) in [5.41, 5.74) is 0.559. The van der Waals surface area contributed by atoms with Gasteiger partial charge < -0.3 is 9.84 Å². The van der Waals surface area contributed by atoms with E-state index in [2.05, 4.69) is 13.8 Å². The fourth-order valence-electron chi connectivity index (χ4n) is 1.36. The normalized spacial score (nSPS) is 12.6. The average Bonchev–Trinajstić information content (AvgIpc) is 2.34. The van der Waals surface area contributed by atoms with E-state index in [4.69, 9.17) is 33.0 Å². The van der Waals surface area contributed by atoms with E-state index in [0.717, 1.165) is 12.5 Å². The van der Waals surface area contributed by atoms with Gasteiger partial charge in [0.15, 0.2) is 0 Å². The standard InChI is InChI=1S/C14H16Cl2O3/c1-3-9(2)8-19-14-10(4-5-13(17)18)6-11(15)7-12(14)16/h4-7,9H,3,8H2,1-2H3,(H,17,18)/b5-4+. The largest absolute Gasteiger partial charge is 0.491 e. The molecule has 0 heterocycles. The van der Waals surface area contributed by atoms with Crippen LogP contribution in [-0.2, 0) is 4.79 Å². The molecule has 19 heavy (non-hydrogen) atoms. The van der Waals surface area contributed by atoms with Gasteiger partial charge in [0.05, 0.1) is 11.6 Å². The van der Waals surface area contributed by atoms with Crippen LogP contribution in [0.4, 0.5) is 0 Å². The molecule has 1 atom stereocenters. The zero-order chi connectivity index (χ0) is 14.4. The van der Waals surface area contributed by atoms with Gasteiger partial charge in [-0.2, -0.15) is 0 Å². The highest BCUT2D eigenvalue weighted by atomic mass is 35.5. The third kappa shape index (κ3) is 5.13. The molecule has 1 aromatic rings. The number of carbonyl (C=O) groups is 1. The molecular formula is C14H16Cl2O3. The number of hydrogen-bond donors (Lipinski definition) is 1. The maximum absolute atomic E-state index is 10.6. The molecule has 0 saturated heterocycles. The van der Waals surface area contributed by atoms with Gasteiger partial charge in [-0.3, -0.25) is 0 Å². The maximum Gasteiger partial charge on any atom is 0.328 e. The summed E-state index contributed by atoms with van der Waals surface area (Å²) in [4.78, 5) is 10.6. The summed E-state index contributed by atoms with van der Waals surface area (Å²) >= 11 is 12.0. The van der Waals surface area contributed by atoms with Crippen LogP contribution in [-0.4, -0.2) is 17.7 Å². The zero-order valence-corrected chi connectivity index (χ0v) is 12.3. The molecule has 0 bridgehead atoms. The Morgan fingerprint density at radius 1 is 1.47 bits per heavy atom. The first-order chi connectivity index (χ1) is 8.93. The smallest absolute Gasteiger partial charge is 0.328 e. The van der Waals surface area contributed by atoms with Gasteiger partial charge in [0.25, 0.3) is 0 Å². The van der Waals surface area contributed by atoms with Crippen molar-refractivity contribution in [2.75, 3.05) is 6.61 Å². The van der Waals surface area contributed by atoms with E-state index in [1.54, 1.807) is 12.1 Å². The molecule has 0 radical (unpaired) electrons. The summed E-state index contributed by atoms with van der Waals surface area (Å²) < 4.78 is 5.67. The van der Waals surface area contributed by atoms with Crippen LogP contribution < -0.4 is 4.74 Å². The van der Waals surface area contributed by atoms with Crippen LogP contribution in [0.15, 0.2) is 18.2 Å². The molecule has 5 heteroatoms. The molecule has 104 valence electrons. The molecule has 0 aliphatic heterocycles. The Labute approximate surface area is 122 Å². The van der Waals surface area contributed by atoms with Crippen molar-refractivity contribution < 1.29 is 14.6 Å². The Hall–Kier alpha value is -1.19. The molecule has 1 N–H and O–H groups in total. The number of halogens is 2. The summed E-state index contributed by atoms with van der Waals surface area (Å²) in [6, 6.07) is 3.20. The lowest BCUT2D eigenvalue weighted by Crippen LogP contribution is -2.08. The molecule has 1 rings (SSSR count). The molecule has 1 aromatic carbocycles. The SMILES string of the molecule is CCC(C)COc1c(Cl)cc(Cl)cc1/C=C/C(=O)O. The van der Waals surface area contributed by atoms with Crippen molar-refractivity contribution in [3.05, 3.63) is 33.8 Å². The molecule has 0 spiro atoms. The van der Waals surface area contributed by atoms with Crippen molar-refractivity contribution in [1.82, 2.24) is 0 Å². The van der Waals surface area contributed by atoms with E-state index < -0.39 is 5.97 Å². The average molecular weight is 303 g/mol. The predicted octanol–water partition coefficient (Wildman–Crippen LogP) is 4.52. The third-order valence-electron chi connectivity index (χ3n) is 2.65. The van der Waals surface area contributed by atoms with Crippen LogP contribution in [0.3, 0.4) is 0 Å². The Morgan fingerprint density at radius 2 is 2.16 bits per heavy atom. The molecule has 0 aliphatic carbocycles. The number of aliphatic carboxylic acids is 1. The zero-order valence-electron chi connectivity index (χ0n) is 10.8. The quantitative estimate of drug-likeness (QED) is 0.786. The highest BCUT2D eigenvalue weighted by Gasteiger charge is 2.10. The van der Waals surface area contributed by atoms with Gasteiger partial charge in [-0.25, -0.2) is 4.79 Å². The van der Waals surface area contributed by atoms with Gasteiger partial charge in [0, 0.05) is 16.7 Å². The Bertz CT molecular complexity index is 484. The lowest BCUT2D eigenvalue weighted by molar-refractivity contribution is -0.131. The van der Waals surface area contributed by atoms with E-state index in [1.165, 1.54) is 6.08 Å². The second kappa shape index (κ2) is 7.41. The van der Waals surface area contributed by atoms with Crippen molar-refractivity contribution in [2.24, 2.45) is 5.92 Å². The number of ether oxygens (including phenoxy) is 1. The number of rotatable bonds is 6. The van der Waals surface area contributed by atoms with Crippen molar-refractivity contribution in [3.8, 4) is 5.75 Å². The van der Waals surface area contributed by atoms with Gasteiger partial charge in [0.1, 0.15) is 5.75 Å². The fraction of sp³-hybridized carbons (Fsp3) is 0.357. The van der Waals surface area contributed by atoms with Gasteiger partial charge in [-0.05, 0) is 24.1 Å². The van der Waals surface area contributed by atoms with Gasteiger partial charge >= 0.3 is 5.97 Å². The van der Waals surface area contributed by atoms with E-state index in [0.29, 0.717) is 33.9 Å². The Morgan fingerprint density at radius 3 is 2.74 bits per heavy atom. The first kappa shape index (κ1) is 15.9. The lowest BCUT2D eigenvalue weighted by atomic mass is 10.1. The van der Waals surface area contributed by atoms with Crippen molar-refractivity contribution in [2.45, 2.75) is 20.3 Å². The van der Waals surface area contributed by atoms with Crippen LogP contribution in [0.2, 0.25) is 10.0 Å². The van der Waals surface area contributed by atoms with Crippen molar-refractivity contribution in [1.29, 1.82) is 0 Å². The van der Waals surface area contributed by atoms with E-state index in [-0.39, 0.29) is 0 Å². The van der Waals surface area contributed by atoms with Crippen LogP contribution >= 0.6 is 23.2 Å².